The molecular formula is C17H22BrNO4. The molecule has 1 amide bonds. The van der Waals surface area contributed by atoms with Gasteiger partial charge >= 0.3 is 5.97 Å². The zero-order valence-electron chi connectivity index (χ0n) is 13.2. The van der Waals surface area contributed by atoms with Gasteiger partial charge in [-0.05, 0) is 36.6 Å². The molecule has 0 heterocycles. The van der Waals surface area contributed by atoms with Crippen LogP contribution in [-0.4, -0.2) is 30.6 Å². The predicted molar refractivity (Wildman–Crippen MR) is 90.6 cm³/mol. The maximum absolute atomic E-state index is 12.2. The summed E-state index contributed by atoms with van der Waals surface area (Å²) in [5.41, 5.74) is 0.00866. The molecule has 0 unspecified atom stereocenters. The Bertz CT molecular complexity index is 582. The third kappa shape index (κ3) is 4.47. The minimum Gasteiger partial charge on any atom is -0.497 e. The molecule has 1 aliphatic carbocycles. The maximum Gasteiger partial charge on any atom is 0.311 e. The van der Waals surface area contributed by atoms with E-state index in [1.54, 1.807) is 13.2 Å². The van der Waals surface area contributed by atoms with E-state index in [0.717, 1.165) is 29.3 Å². The Morgan fingerprint density at radius 2 is 2.00 bits per heavy atom. The van der Waals surface area contributed by atoms with Crippen molar-refractivity contribution < 1.29 is 19.4 Å². The molecule has 23 heavy (non-hydrogen) atoms. The number of carboxylic acid groups (broad SMARTS) is 1. The average molecular weight is 384 g/mol. The quantitative estimate of drug-likeness (QED) is 0.790. The molecule has 0 saturated heterocycles. The van der Waals surface area contributed by atoms with Gasteiger partial charge in [0.1, 0.15) is 5.75 Å². The molecule has 2 N–H and O–H groups in total. The molecule has 0 spiro atoms. The highest BCUT2D eigenvalue weighted by atomic mass is 79.9. The van der Waals surface area contributed by atoms with Crippen molar-refractivity contribution in [1.29, 1.82) is 0 Å². The Morgan fingerprint density at radius 1 is 1.30 bits per heavy atom. The van der Waals surface area contributed by atoms with Gasteiger partial charge < -0.3 is 15.2 Å². The molecular weight excluding hydrogens is 362 g/mol. The van der Waals surface area contributed by atoms with Crippen molar-refractivity contribution >= 4 is 27.8 Å². The second kappa shape index (κ2) is 7.81. The summed E-state index contributed by atoms with van der Waals surface area (Å²) >= 11 is 3.42. The minimum absolute atomic E-state index is 0.176. The number of benzene rings is 1. The molecule has 1 aromatic carbocycles. The molecule has 1 aromatic rings. The van der Waals surface area contributed by atoms with Gasteiger partial charge in [0.15, 0.2) is 0 Å². The number of halogens is 1. The van der Waals surface area contributed by atoms with Crippen molar-refractivity contribution in [2.75, 3.05) is 13.7 Å². The van der Waals surface area contributed by atoms with E-state index < -0.39 is 11.4 Å². The van der Waals surface area contributed by atoms with E-state index in [-0.39, 0.29) is 18.9 Å². The van der Waals surface area contributed by atoms with Crippen LogP contribution in [0.4, 0.5) is 0 Å². The van der Waals surface area contributed by atoms with Crippen molar-refractivity contribution in [2.45, 2.75) is 38.5 Å². The number of carbonyl (C=O) groups is 2. The van der Waals surface area contributed by atoms with E-state index in [4.69, 9.17) is 4.74 Å². The number of rotatable bonds is 6. The molecule has 1 aliphatic rings. The topological polar surface area (TPSA) is 75.6 Å². The lowest BCUT2D eigenvalue weighted by Crippen LogP contribution is -2.44. The van der Waals surface area contributed by atoms with Crippen molar-refractivity contribution in [3.63, 3.8) is 0 Å². The van der Waals surface area contributed by atoms with Gasteiger partial charge in [-0.2, -0.15) is 0 Å². The lowest BCUT2D eigenvalue weighted by molar-refractivity contribution is -0.151. The minimum atomic E-state index is -0.806. The van der Waals surface area contributed by atoms with Crippen LogP contribution in [0.15, 0.2) is 22.7 Å². The fourth-order valence-corrected chi connectivity index (χ4v) is 3.40. The Labute approximate surface area is 144 Å². The van der Waals surface area contributed by atoms with Crippen LogP contribution in [0.2, 0.25) is 0 Å². The van der Waals surface area contributed by atoms with Gasteiger partial charge in [0, 0.05) is 11.0 Å². The van der Waals surface area contributed by atoms with Crippen molar-refractivity contribution in [1.82, 2.24) is 5.32 Å². The highest BCUT2D eigenvalue weighted by Gasteiger charge is 2.39. The Morgan fingerprint density at radius 3 is 2.61 bits per heavy atom. The number of aliphatic carboxylic acids is 1. The van der Waals surface area contributed by atoms with Crippen LogP contribution in [-0.2, 0) is 16.0 Å². The summed E-state index contributed by atoms with van der Waals surface area (Å²) in [6.45, 7) is 0.197. The molecule has 5 nitrogen and oxygen atoms in total. The van der Waals surface area contributed by atoms with Gasteiger partial charge in [-0.3, -0.25) is 9.59 Å². The summed E-state index contributed by atoms with van der Waals surface area (Å²) in [4.78, 5) is 23.8. The van der Waals surface area contributed by atoms with Crippen LogP contribution in [0.5, 0.6) is 5.75 Å². The summed E-state index contributed by atoms with van der Waals surface area (Å²) in [5, 5.41) is 12.3. The van der Waals surface area contributed by atoms with E-state index in [9.17, 15) is 14.7 Å². The van der Waals surface area contributed by atoms with Crippen LogP contribution in [0, 0.1) is 5.41 Å². The number of methoxy groups -OCH3 is 1. The standard InChI is InChI=1S/C17H22BrNO4/c1-23-13-5-6-14(18)12(9-13)10-15(20)19-11-17(16(21)22)7-3-2-4-8-17/h5-6,9H,2-4,7-8,10-11H2,1H3,(H,19,20)(H,21,22). The maximum atomic E-state index is 12.2. The lowest BCUT2D eigenvalue weighted by Gasteiger charge is -2.33. The van der Waals surface area contributed by atoms with Crippen molar-refractivity contribution in [2.24, 2.45) is 5.41 Å². The molecule has 1 fully saturated rings. The fourth-order valence-electron chi connectivity index (χ4n) is 3.01. The molecule has 0 aromatic heterocycles. The number of hydrogen-bond donors (Lipinski definition) is 2. The Hall–Kier alpha value is -1.56. The van der Waals surface area contributed by atoms with Crippen LogP contribution in [0.3, 0.4) is 0 Å². The van der Waals surface area contributed by atoms with Crippen molar-refractivity contribution in [3.8, 4) is 5.75 Å². The smallest absolute Gasteiger partial charge is 0.311 e. The molecule has 0 radical (unpaired) electrons. The highest BCUT2D eigenvalue weighted by molar-refractivity contribution is 9.10. The Kier molecular flexibility index (Phi) is 6.04. The van der Waals surface area contributed by atoms with Crippen LogP contribution < -0.4 is 10.1 Å². The third-order valence-electron chi connectivity index (χ3n) is 4.49. The second-order valence-electron chi connectivity index (χ2n) is 6.06. The fraction of sp³-hybridized carbons (Fsp3) is 0.529. The van der Waals surface area contributed by atoms with E-state index in [1.807, 2.05) is 12.1 Å². The molecule has 0 atom stereocenters. The first kappa shape index (κ1) is 17.8. The van der Waals surface area contributed by atoms with Crippen LogP contribution in [0.25, 0.3) is 0 Å². The molecule has 0 aliphatic heterocycles. The number of ether oxygens (including phenoxy) is 1. The first-order chi connectivity index (χ1) is 11.0. The van der Waals surface area contributed by atoms with Gasteiger partial charge in [-0.1, -0.05) is 35.2 Å². The van der Waals surface area contributed by atoms with E-state index in [0.29, 0.717) is 18.6 Å². The normalized spacial score (nSPS) is 16.6. The number of carbonyl (C=O) groups excluding carboxylic acids is 1. The summed E-state index contributed by atoms with van der Waals surface area (Å²) in [6.07, 6.45) is 4.33. The SMILES string of the molecule is COc1ccc(Br)c(CC(=O)NCC2(C(=O)O)CCCCC2)c1. The highest BCUT2D eigenvalue weighted by Crippen LogP contribution is 2.36. The van der Waals surface area contributed by atoms with Crippen LogP contribution >= 0.6 is 15.9 Å². The summed E-state index contributed by atoms with van der Waals surface area (Å²) < 4.78 is 6.00. The van der Waals surface area contributed by atoms with E-state index in [2.05, 4.69) is 21.2 Å². The van der Waals surface area contributed by atoms with E-state index in [1.165, 1.54) is 0 Å². The number of carboxylic acids is 1. The number of hydrogen-bond acceptors (Lipinski definition) is 3. The van der Waals surface area contributed by atoms with Crippen LogP contribution in [0.1, 0.15) is 37.7 Å². The van der Waals surface area contributed by atoms with Gasteiger partial charge in [0.05, 0.1) is 18.9 Å². The largest absolute Gasteiger partial charge is 0.497 e. The predicted octanol–water partition coefficient (Wildman–Crippen LogP) is 3.15. The molecule has 126 valence electrons. The molecule has 6 heteroatoms. The Balaban J connectivity index is 1.98. The van der Waals surface area contributed by atoms with E-state index >= 15 is 0 Å². The molecule has 1 saturated carbocycles. The summed E-state index contributed by atoms with van der Waals surface area (Å²) in [7, 11) is 1.58. The van der Waals surface area contributed by atoms with Crippen molar-refractivity contribution in [3.05, 3.63) is 28.2 Å². The molecule has 0 bridgehead atoms. The zero-order valence-corrected chi connectivity index (χ0v) is 14.8. The third-order valence-corrected chi connectivity index (χ3v) is 5.27. The average Bonchev–Trinajstić information content (AvgIpc) is 2.55. The lowest BCUT2D eigenvalue weighted by atomic mass is 9.74. The molecule has 2 rings (SSSR count). The van der Waals surface area contributed by atoms with Gasteiger partial charge in [-0.15, -0.1) is 0 Å². The monoisotopic (exact) mass is 383 g/mol. The first-order valence-electron chi connectivity index (χ1n) is 7.79. The number of amides is 1. The second-order valence-corrected chi connectivity index (χ2v) is 6.91. The van der Waals surface area contributed by atoms with Gasteiger partial charge in [0.2, 0.25) is 5.91 Å². The van der Waals surface area contributed by atoms with Gasteiger partial charge in [-0.25, -0.2) is 0 Å². The first-order valence-corrected chi connectivity index (χ1v) is 8.59. The summed E-state index contributed by atoms with van der Waals surface area (Å²) in [5.74, 6) is -0.296. The zero-order chi connectivity index (χ0) is 16.9. The van der Waals surface area contributed by atoms with Gasteiger partial charge in [0.25, 0.3) is 0 Å². The summed E-state index contributed by atoms with van der Waals surface area (Å²) in [6, 6.07) is 5.45. The number of nitrogens with one attached hydrogen (secondary N) is 1.